The molecule has 0 unspecified atom stereocenters. The quantitative estimate of drug-likeness (QED) is 0.736. The number of carbonyl (C=O) groups is 1. The Labute approximate surface area is 84.7 Å². The van der Waals surface area contributed by atoms with Crippen molar-refractivity contribution in [3.8, 4) is 0 Å². The molecule has 90 valence electrons. The van der Waals surface area contributed by atoms with E-state index in [0.717, 1.165) is 7.05 Å². The first-order valence-corrected chi connectivity index (χ1v) is 4.12. The van der Waals surface area contributed by atoms with E-state index in [-0.39, 0.29) is 0 Å². The lowest BCUT2D eigenvalue weighted by atomic mass is 10.0. The van der Waals surface area contributed by atoms with Gasteiger partial charge in [-0.25, -0.2) is 8.78 Å². The summed E-state index contributed by atoms with van der Waals surface area (Å²) in [7, 11) is 0.939. The van der Waals surface area contributed by atoms with Crippen LogP contribution < -0.4 is 0 Å². The average molecular weight is 231 g/mol. The van der Waals surface area contributed by atoms with Crippen molar-refractivity contribution in [1.29, 1.82) is 0 Å². The van der Waals surface area contributed by atoms with Crippen molar-refractivity contribution in [3.63, 3.8) is 0 Å². The summed E-state index contributed by atoms with van der Waals surface area (Å²) in [6.45, 7) is 1.97. The Bertz CT molecular complexity index is 243. The molecule has 0 spiro atoms. The Morgan fingerprint density at radius 3 is 2.07 bits per heavy atom. The van der Waals surface area contributed by atoms with Crippen molar-refractivity contribution in [2.24, 2.45) is 0 Å². The third-order valence-electron chi connectivity index (χ3n) is 2.16. The van der Waals surface area contributed by atoms with Crippen LogP contribution in [0.2, 0.25) is 0 Å². The maximum Gasteiger partial charge on any atom is 0.383 e. The monoisotopic (exact) mass is 231 g/mol. The van der Waals surface area contributed by atoms with E-state index < -0.39 is 30.4 Å². The number of aliphatic hydroxyl groups is 1. The molecule has 0 rings (SSSR count). The molecule has 0 saturated carbocycles. The number of alkyl halides is 4. The first-order chi connectivity index (χ1) is 6.57. The molecule has 0 aromatic rings. The highest BCUT2D eigenvalue weighted by Crippen LogP contribution is 2.27. The van der Waals surface area contributed by atoms with Gasteiger partial charge < -0.3 is 10.0 Å². The summed E-state index contributed by atoms with van der Waals surface area (Å²) in [6, 6.07) is 0. The molecular weight excluding hydrogens is 218 g/mol. The predicted octanol–water partition coefficient (Wildman–Crippen LogP) is 1.12. The Kier molecular flexibility index (Phi) is 4.09. The number of halogens is 4. The number of hydrogen-bond donors (Lipinski definition) is 1. The molecular formula is C8H13F4NO2. The van der Waals surface area contributed by atoms with E-state index in [1.165, 1.54) is 13.8 Å². The summed E-state index contributed by atoms with van der Waals surface area (Å²) in [5, 5.41) is 8.79. The number of nitrogens with zero attached hydrogens (tertiary/aromatic N) is 1. The highest BCUT2D eigenvalue weighted by Gasteiger charge is 2.52. The fourth-order valence-corrected chi connectivity index (χ4v) is 0.698. The summed E-state index contributed by atoms with van der Waals surface area (Å²) in [6.07, 6.45) is -4.05. The van der Waals surface area contributed by atoms with Crippen molar-refractivity contribution in [2.45, 2.75) is 31.7 Å². The molecule has 7 heteroatoms. The van der Waals surface area contributed by atoms with E-state index in [1.54, 1.807) is 0 Å². The molecule has 15 heavy (non-hydrogen) atoms. The van der Waals surface area contributed by atoms with Crippen LogP contribution in [-0.4, -0.2) is 47.5 Å². The van der Waals surface area contributed by atoms with Crippen LogP contribution in [0.1, 0.15) is 13.8 Å². The van der Waals surface area contributed by atoms with Crippen molar-refractivity contribution < 1.29 is 27.5 Å². The van der Waals surface area contributed by atoms with E-state index in [1.807, 2.05) is 0 Å². The Hall–Kier alpha value is -0.850. The molecule has 0 aliphatic carbocycles. The van der Waals surface area contributed by atoms with Crippen molar-refractivity contribution in [3.05, 3.63) is 0 Å². The lowest BCUT2D eigenvalue weighted by Gasteiger charge is -2.35. The van der Waals surface area contributed by atoms with Gasteiger partial charge in [0.05, 0.1) is 12.1 Å². The summed E-state index contributed by atoms with van der Waals surface area (Å²) in [5.74, 6) is -6.72. The van der Waals surface area contributed by atoms with Gasteiger partial charge in [-0.15, -0.1) is 0 Å². The van der Waals surface area contributed by atoms with Gasteiger partial charge >= 0.3 is 12.3 Å². The van der Waals surface area contributed by atoms with E-state index >= 15 is 0 Å². The van der Waals surface area contributed by atoms with Crippen LogP contribution in [0.4, 0.5) is 17.6 Å². The molecule has 0 heterocycles. The Morgan fingerprint density at radius 1 is 1.40 bits per heavy atom. The van der Waals surface area contributed by atoms with Gasteiger partial charge in [-0.2, -0.15) is 8.78 Å². The highest BCUT2D eigenvalue weighted by atomic mass is 19.3. The SMILES string of the molecule is CN(C(=O)C(F)(F)C(F)F)C(C)(C)CO. The fraction of sp³-hybridized carbons (Fsp3) is 0.875. The van der Waals surface area contributed by atoms with Gasteiger partial charge in [-0.3, -0.25) is 4.79 Å². The predicted molar refractivity (Wildman–Crippen MR) is 44.9 cm³/mol. The summed E-state index contributed by atoms with van der Waals surface area (Å²) >= 11 is 0. The van der Waals surface area contributed by atoms with Crippen LogP contribution >= 0.6 is 0 Å². The maximum absolute atomic E-state index is 12.6. The largest absolute Gasteiger partial charge is 0.394 e. The molecule has 1 amide bonds. The van der Waals surface area contributed by atoms with E-state index in [0.29, 0.717) is 4.90 Å². The molecule has 0 bridgehead atoms. The fourth-order valence-electron chi connectivity index (χ4n) is 0.698. The summed E-state index contributed by atoms with van der Waals surface area (Å²) in [5.41, 5.74) is -1.31. The number of likely N-dealkylation sites (N-methyl/N-ethyl adjacent to an activating group) is 1. The first-order valence-electron chi connectivity index (χ1n) is 4.12. The lowest BCUT2D eigenvalue weighted by Crippen LogP contribution is -2.55. The minimum absolute atomic E-state index is 0.416. The molecule has 0 atom stereocenters. The second kappa shape index (κ2) is 4.34. The van der Waals surface area contributed by atoms with Gasteiger partial charge in [-0.05, 0) is 13.8 Å². The van der Waals surface area contributed by atoms with Crippen LogP contribution in [0.5, 0.6) is 0 Å². The van der Waals surface area contributed by atoms with Crippen LogP contribution in [0.3, 0.4) is 0 Å². The van der Waals surface area contributed by atoms with Crippen LogP contribution in [-0.2, 0) is 4.79 Å². The second-order valence-corrected chi connectivity index (χ2v) is 3.76. The number of aliphatic hydroxyl groups excluding tert-OH is 1. The second-order valence-electron chi connectivity index (χ2n) is 3.76. The Balaban J connectivity index is 4.88. The molecule has 0 aromatic carbocycles. The van der Waals surface area contributed by atoms with Gasteiger partial charge in [0.2, 0.25) is 0 Å². The van der Waals surface area contributed by atoms with Crippen LogP contribution in [0.25, 0.3) is 0 Å². The van der Waals surface area contributed by atoms with Gasteiger partial charge in [0.1, 0.15) is 0 Å². The van der Waals surface area contributed by atoms with Crippen molar-refractivity contribution in [1.82, 2.24) is 4.90 Å². The van der Waals surface area contributed by atoms with Gasteiger partial charge in [-0.1, -0.05) is 0 Å². The summed E-state index contributed by atoms with van der Waals surface area (Å²) < 4.78 is 49.0. The van der Waals surface area contributed by atoms with Gasteiger partial charge in [0, 0.05) is 7.05 Å². The highest BCUT2D eigenvalue weighted by molar-refractivity contribution is 5.84. The zero-order valence-corrected chi connectivity index (χ0v) is 8.60. The third kappa shape index (κ3) is 2.80. The van der Waals surface area contributed by atoms with E-state index in [2.05, 4.69) is 0 Å². The van der Waals surface area contributed by atoms with E-state index in [4.69, 9.17) is 5.11 Å². The zero-order chi connectivity index (χ0) is 12.4. The van der Waals surface area contributed by atoms with Crippen molar-refractivity contribution in [2.75, 3.05) is 13.7 Å². The minimum atomic E-state index is -4.72. The van der Waals surface area contributed by atoms with E-state index in [9.17, 15) is 22.4 Å². The standard InChI is InChI=1S/C8H13F4NO2/c1-7(2,4-14)13(3)6(15)8(11,12)5(9)10/h5,14H,4H2,1-3H3. The lowest BCUT2D eigenvalue weighted by molar-refractivity contribution is -0.184. The van der Waals surface area contributed by atoms with Gasteiger partial charge in [0.25, 0.3) is 5.91 Å². The molecule has 0 aromatic heterocycles. The number of amides is 1. The molecule has 0 aliphatic heterocycles. The molecule has 0 aliphatic rings. The maximum atomic E-state index is 12.6. The first kappa shape index (κ1) is 14.2. The smallest absolute Gasteiger partial charge is 0.383 e. The zero-order valence-electron chi connectivity index (χ0n) is 8.60. The average Bonchev–Trinajstić information content (AvgIpc) is 2.15. The van der Waals surface area contributed by atoms with Crippen molar-refractivity contribution >= 4 is 5.91 Å². The minimum Gasteiger partial charge on any atom is -0.394 e. The topological polar surface area (TPSA) is 40.5 Å². The molecule has 1 N–H and O–H groups in total. The van der Waals surface area contributed by atoms with Crippen LogP contribution in [0, 0.1) is 0 Å². The van der Waals surface area contributed by atoms with Gasteiger partial charge in [0.15, 0.2) is 0 Å². The molecule has 0 radical (unpaired) electrons. The molecule has 3 nitrogen and oxygen atoms in total. The molecule has 0 fully saturated rings. The number of carbonyl (C=O) groups excluding carboxylic acids is 1. The molecule has 0 saturated heterocycles. The Morgan fingerprint density at radius 2 is 1.80 bits per heavy atom. The summed E-state index contributed by atoms with van der Waals surface area (Å²) in [4.78, 5) is 11.4. The normalized spacial score (nSPS) is 13.1. The number of rotatable bonds is 4. The third-order valence-corrected chi connectivity index (χ3v) is 2.16. The van der Waals surface area contributed by atoms with Crippen LogP contribution in [0.15, 0.2) is 0 Å². The number of hydrogen-bond acceptors (Lipinski definition) is 2.